The fourth-order valence-electron chi connectivity index (χ4n) is 1.24. The van der Waals surface area contributed by atoms with Crippen LogP contribution in [-0.2, 0) is 0 Å². The fourth-order valence-corrected chi connectivity index (χ4v) is 1.71. The van der Waals surface area contributed by atoms with Crippen molar-refractivity contribution in [1.82, 2.24) is 0 Å². The zero-order valence-corrected chi connectivity index (χ0v) is 10.0. The van der Waals surface area contributed by atoms with E-state index in [0.717, 1.165) is 0 Å². The van der Waals surface area contributed by atoms with Crippen molar-refractivity contribution in [2.75, 3.05) is 0 Å². The number of hydrogen-bond donors (Lipinski definition) is 0. The van der Waals surface area contributed by atoms with Gasteiger partial charge in [-0.3, -0.25) is 0 Å². The summed E-state index contributed by atoms with van der Waals surface area (Å²) in [5.41, 5.74) is 5.64. The molecule has 12 heavy (non-hydrogen) atoms. The average molecular weight is 203 g/mol. The summed E-state index contributed by atoms with van der Waals surface area (Å²) in [5, 5.41) is 1.32. The van der Waals surface area contributed by atoms with Crippen LogP contribution in [0.15, 0.2) is 6.07 Å². The summed E-state index contributed by atoms with van der Waals surface area (Å²) >= 11 is 0. The van der Waals surface area contributed by atoms with E-state index in [9.17, 15) is 0 Å². The molecule has 0 heterocycles. The lowest BCUT2D eigenvalue weighted by Gasteiger charge is -2.10. The van der Waals surface area contributed by atoms with Crippen LogP contribution in [0.2, 0.25) is 0 Å². The Hall–Kier alpha value is -0.0600. The van der Waals surface area contributed by atoms with Gasteiger partial charge < -0.3 is 0 Å². The number of halogens is 1. The van der Waals surface area contributed by atoms with Gasteiger partial charge in [0.1, 0.15) is 0 Å². The summed E-state index contributed by atoms with van der Waals surface area (Å²) in [4.78, 5) is 0. The first kappa shape index (κ1) is 11.9. The van der Waals surface area contributed by atoms with Crippen LogP contribution < -0.4 is 5.30 Å². The van der Waals surface area contributed by atoms with E-state index in [1.165, 1.54) is 27.6 Å². The van der Waals surface area contributed by atoms with Gasteiger partial charge >= 0.3 is 0 Å². The lowest BCUT2D eigenvalue weighted by Crippen LogP contribution is -2.03. The maximum Gasteiger partial charge on any atom is -0.0268 e. The molecule has 0 saturated heterocycles. The van der Waals surface area contributed by atoms with Gasteiger partial charge in [-0.2, -0.15) is 0 Å². The Kier molecular flexibility index (Phi) is 4.23. The molecule has 0 aromatic heterocycles. The maximum absolute atomic E-state index is 2.78. The highest BCUT2D eigenvalue weighted by atomic mass is 35.5. The summed E-state index contributed by atoms with van der Waals surface area (Å²) in [6.45, 7) is 8.70. The van der Waals surface area contributed by atoms with Crippen LogP contribution in [0.3, 0.4) is 0 Å². The lowest BCUT2D eigenvalue weighted by atomic mass is 10.00. The zero-order valence-electron chi connectivity index (χ0n) is 8.06. The Morgan fingerprint density at radius 1 is 0.917 bits per heavy atom. The summed E-state index contributed by atoms with van der Waals surface area (Å²) in [5.74, 6) is 0. The summed E-state index contributed by atoms with van der Waals surface area (Å²) in [6, 6.07) is 2.22. The van der Waals surface area contributed by atoms with Crippen molar-refractivity contribution < 1.29 is 0 Å². The van der Waals surface area contributed by atoms with E-state index >= 15 is 0 Å². The minimum absolute atomic E-state index is 0. The van der Waals surface area contributed by atoms with Gasteiger partial charge in [-0.25, -0.2) is 0 Å². The van der Waals surface area contributed by atoms with Crippen LogP contribution in [-0.4, -0.2) is 0 Å². The third-order valence-corrected chi connectivity index (χ3v) is 3.12. The summed E-state index contributed by atoms with van der Waals surface area (Å²) in [6.07, 6.45) is 0. The molecule has 0 spiro atoms. The van der Waals surface area contributed by atoms with Crippen molar-refractivity contribution in [3.05, 3.63) is 28.3 Å². The Bertz CT molecular complexity index is 266. The second-order valence-electron chi connectivity index (χ2n) is 3.16. The Morgan fingerprint density at radius 3 is 1.92 bits per heavy atom. The van der Waals surface area contributed by atoms with E-state index in [-0.39, 0.29) is 12.4 Å². The Labute approximate surface area is 83.4 Å². The van der Waals surface area contributed by atoms with Crippen molar-refractivity contribution in [2.24, 2.45) is 0 Å². The van der Waals surface area contributed by atoms with Gasteiger partial charge in [0.05, 0.1) is 0 Å². The summed E-state index contributed by atoms with van der Waals surface area (Å²) < 4.78 is 0. The highest BCUT2D eigenvalue weighted by Crippen LogP contribution is 2.15. The lowest BCUT2D eigenvalue weighted by molar-refractivity contribution is 1.23. The van der Waals surface area contributed by atoms with Gasteiger partial charge in [-0.1, -0.05) is 6.07 Å². The normalized spacial score (nSPS) is 9.42. The highest BCUT2D eigenvalue weighted by Gasteiger charge is 2.02. The average Bonchev–Trinajstić information content (AvgIpc) is 1.97. The summed E-state index contributed by atoms with van der Waals surface area (Å²) in [7, 11) is 2.78. The monoisotopic (exact) mass is 202 g/mol. The quantitative estimate of drug-likeness (QED) is 0.568. The number of benzene rings is 1. The van der Waals surface area contributed by atoms with Crippen molar-refractivity contribution in [3.63, 3.8) is 0 Å². The molecule has 0 saturated carbocycles. The topological polar surface area (TPSA) is 0 Å². The molecule has 0 N–H and O–H groups in total. The molecule has 68 valence electrons. The number of aryl methyl sites for hydroxylation is 1. The van der Waals surface area contributed by atoms with Crippen LogP contribution in [0.4, 0.5) is 0 Å². The second-order valence-corrected chi connectivity index (χ2v) is 3.78. The molecule has 0 radical (unpaired) electrons. The van der Waals surface area contributed by atoms with Crippen LogP contribution in [0, 0.1) is 27.7 Å². The van der Waals surface area contributed by atoms with Gasteiger partial charge in [-0.05, 0) is 55.3 Å². The van der Waals surface area contributed by atoms with Crippen molar-refractivity contribution in [2.45, 2.75) is 27.7 Å². The molecule has 1 atom stereocenters. The van der Waals surface area contributed by atoms with E-state index in [4.69, 9.17) is 0 Å². The van der Waals surface area contributed by atoms with E-state index in [2.05, 4.69) is 43.0 Å². The van der Waals surface area contributed by atoms with Gasteiger partial charge in [0, 0.05) is 0 Å². The Morgan fingerprint density at radius 2 is 1.42 bits per heavy atom. The zero-order chi connectivity index (χ0) is 8.59. The smallest absolute Gasteiger partial charge is 0.0268 e. The second kappa shape index (κ2) is 4.25. The molecule has 1 aromatic rings. The minimum Gasteiger partial charge on any atom is -0.147 e. The fraction of sp³-hybridized carbons (Fsp3) is 0.400. The van der Waals surface area contributed by atoms with Gasteiger partial charge in [0.15, 0.2) is 0 Å². The third-order valence-electron chi connectivity index (χ3n) is 2.52. The molecule has 2 heteroatoms. The molecule has 1 rings (SSSR count). The Balaban J connectivity index is 0.00000121. The van der Waals surface area contributed by atoms with Gasteiger partial charge in [-0.15, -0.1) is 21.6 Å². The van der Waals surface area contributed by atoms with Gasteiger partial charge in [0.2, 0.25) is 0 Å². The molecular formula is C10H16ClP. The molecule has 0 nitrogen and oxygen atoms in total. The van der Waals surface area contributed by atoms with Crippen molar-refractivity contribution >= 4 is 27.0 Å². The molecular weight excluding hydrogens is 187 g/mol. The molecule has 1 aromatic carbocycles. The van der Waals surface area contributed by atoms with E-state index in [0.29, 0.717) is 0 Å². The van der Waals surface area contributed by atoms with Crippen LogP contribution in [0.1, 0.15) is 22.3 Å². The van der Waals surface area contributed by atoms with E-state index in [1.807, 2.05) is 0 Å². The molecule has 1 unspecified atom stereocenters. The van der Waals surface area contributed by atoms with Crippen LogP contribution >= 0.6 is 21.6 Å². The molecule has 0 aliphatic rings. The number of rotatable bonds is 0. The molecule has 0 aliphatic heterocycles. The first-order valence-electron chi connectivity index (χ1n) is 3.87. The first-order chi connectivity index (χ1) is 5.04. The van der Waals surface area contributed by atoms with Crippen LogP contribution in [0.5, 0.6) is 0 Å². The minimum atomic E-state index is 0. The predicted octanol–water partition coefficient (Wildman–Crippen LogP) is 2.84. The molecule has 0 aliphatic carbocycles. The van der Waals surface area contributed by atoms with Crippen molar-refractivity contribution in [1.29, 1.82) is 0 Å². The molecule has 0 bridgehead atoms. The highest BCUT2D eigenvalue weighted by molar-refractivity contribution is 7.27. The number of hydrogen-bond acceptors (Lipinski definition) is 0. The van der Waals surface area contributed by atoms with E-state index < -0.39 is 0 Å². The SMILES string of the molecule is Cc1cc(P)c(C)c(C)c1C.Cl. The standard InChI is InChI=1S/C10H15P.ClH/c1-6-5-10(11)9(4)8(3)7(6)2;/h5H,11H2,1-4H3;1H. The predicted molar refractivity (Wildman–Crippen MR) is 62.0 cm³/mol. The first-order valence-corrected chi connectivity index (χ1v) is 4.44. The van der Waals surface area contributed by atoms with E-state index in [1.54, 1.807) is 0 Å². The van der Waals surface area contributed by atoms with Crippen molar-refractivity contribution in [3.8, 4) is 0 Å². The van der Waals surface area contributed by atoms with Crippen LogP contribution in [0.25, 0.3) is 0 Å². The van der Waals surface area contributed by atoms with Gasteiger partial charge in [0.25, 0.3) is 0 Å². The third kappa shape index (κ3) is 2.00. The molecule has 0 fully saturated rings. The largest absolute Gasteiger partial charge is 0.147 e. The molecule has 0 amide bonds. The maximum atomic E-state index is 2.78.